The van der Waals surface area contributed by atoms with E-state index in [-0.39, 0.29) is 18.7 Å². The molecule has 0 unspecified atom stereocenters. The van der Waals surface area contributed by atoms with Crippen LogP contribution in [-0.4, -0.2) is 39.7 Å². The van der Waals surface area contributed by atoms with Crippen LogP contribution in [0.5, 0.6) is 5.75 Å². The zero-order chi connectivity index (χ0) is 14.1. The van der Waals surface area contributed by atoms with Crippen LogP contribution in [0.1, 0.15) is 12.5 Å². The van der Waals surface area contributed by atoms with Crippen molar-refractivity contribution in [1.82, 2.24) is 0 Å². The van der Waals surface area contributed by atoms with Gasteiger partial charge in [-0.15, -0.1) is 0 Å². The van der Waals surface area contributed by atoms with Gasteiger partial charge < -0.3 is 18.9 Å². The molecule has 0 saturated heterocycles. The summed E-state index contributed by atoms with van der Waals surface area (Å²) >= 11 is 0. The van der Waals surface area contributed by atoms with E-state index in [0.29, 0.717) is 19.0 Å². The van der Waals surface area contributed by atoms with Crippen molar-refractivity contribution in [3.05, 3.63) is 29.8 Å². The summed E-state index contributed by atoms with van der Waals surface area (Å²) in [5.41, 5.74) is 0.890. The Balaban J connectivity index is 2.45. The van der Waals surface area contributed by atoms with Crippen molar-refractivity contribution in [3.8, 4) is 5.75 Å². The number of carbonyl (C=O) groups is 1. The molecule has 0 fully saturated rings. The highest BCUT2D eigenvalue weighted by atomic mass is 16.7. The van der Waals surface area contributed by atoms with E-state index in [1.807, 2.05) is 12.1 Å². The minimum Gasteiger partial charge on any atom is -0.488 e. The van der Waals surface area contributed by atoms with Gasteiger partial charge in [0.2, 0.25) is 0 Å². The van der Waals surface area contributed by atoms with Crippen molar-refractivity contribution < 1.29 is 23.7 Å². The largest absolute Gasteiger partial charge is 0.488 e. The van der Waals surface area contributed by atoms with E-state index in [9.17, 15) is 4.79 Å². The lowest BCUT2D eigenvalue weighted by Gasteiger charge is -2.14. The smallest absolute Gasteiger partial charge is 0.310 e. The lowest BCUT2D eigenvalue weighted by Crippen LogP contribution is -2.21. The zero-order valence-corrected chi connectivity index (χ0v) is 11.5. The van der Waals surface area contributed by atoms with Gasteiger partial charge in [0.05, 0.1) is 13.0 Å². The molecule has 0 amide bonds. The van der Waals surface area contributed by atoms with Gasteiger partial charge in [-0.3, -0.25) is 4.79 Å². The predicted molar refractivity (Wildman–Crippen MR) is 70.1 cm³/mol. The fraction of sp³-hybridized carbons (Fsp3) is 0.500. The van der Waals surface area contributed by atoms with Crippen LogP contribution >= 0.6 is 0 Å². The quantitative estimate of drug-likeness (QED) is 0.531. The molecule has 0 bridgehead atoms. The van der Waals surface area contributed by atoms with Gasteiger partial charge in [0.15, 0.2) is 6.29 Å². The van der Waals surface area contributed by atoms with Crippen LogP contribution in [0.25, 0.3) is 0 Å². The number of methoxy groups -OCH3 is 2. The van der Waals surface area contributed by atoms with E-state index in [1.165, 1.54) is 0 Å². The predicted octanol–water partition coefficient (Wildman–Crippen LogP) is 1.79. The molecule has 19 heavy (non-hydrogen) atoms. The Morgan fingerprint density at radius 3 is 2.32 bits per heavy atom. The summed E-state index contributed by atoms with van der Waals surface area (Å²) in [6.45, 7) is 2.50. The molecule has 0 radical (unpaired) electrons. The van der Waals surface area contributed by atoms with E-state index >= 15 is 0 Å². The average Bonchev–Trinajstić information content (AvgIpc) is 2.42. The molecule has 1 aromatic carbocycles. The van der Waals surface area contributed by atoms with Gasteiger partial charge in [-0.1, -0.05) is 12.1 Å². The fourth-order valence-electron chi connectivity index (χ4n) is 1.48. The first-order chi connectivity index (χ1) is 9.19. The molecule has 0 spiro atoms. The molecule has 0 N–H and O–H groups in total. The Kier molecular flexibility index (Phi) is 6.92. The summed E-state index contributed by atoms with van der Waals surface area (Å²) in [6, 6.07) is 7.27. The van der Waals surface area contributed by atoms with Crippen molar-refractivity contribution in [2.24, 2.45) is 0 Å². The summed E-state index contributed by atoms with van der Waals surface area (Å²) < 4.78 is 20.4. The number of rotatable bonds is 8. The summed E-state index contributed by atoms with van der Waals surface area (Å²) in [6.07, 6.45) is -0.119. The Morgan fingerprint density at radius 1 is 1.16 bits per heavy atom. The van der Waals surface area contributed by atoms with Crippen molar-refractivity contribution in [1.29, 1.82) is 0 Å². The monoisotopic (exact) mass is 268 g/mol. The van der Waals surface area contributed by atoms with Crippen LogP contribution in [0, 0.1) is 0 Å². The Labute approximate surface area is 113 Å². The molecular formula is C14H20O5. The maximum absolute atomic E-state index is 11.3. The number of hydrogen-bond donors (Lipinski definition) is 0. The summed E-state index contributed by atoms with van der Waals surface area (Å²) in [5.74, 6) is 0.474. The Morgan fingerprint density at radius 2 is 1.79 bits per heavy atom. The lowest BCUT2D eigenvalue weighted by atomic mass is 10.1. The first-order valence-corrected chi connectivity index (χ1v) is 6.12. The minimum absolute atomic E-state index is 0.227. The zero-order valence-electron chi connectivity index (χ0n) is 11.5. The fourth-order valence-corrected chi connectivity index (χ4v) is 1.48. The second-order valence-corrected chi connectivity index (χ2v) is 3.84. The van der Waals surface area contributed by atoms with Crippen molar-refractivity contribution >= 4 is 5.97 Å². The van der Waals surface area contributed by atoms with Crippen molar-refractivity contribution in [2.45, 2.75) is 19.6 Å². The molecule has 5 nitrogen and oxygen atoms in total. The molecule has 1 rings (SSSR count). The highest BCUT2D eigenvalue weighted by Gasteiger charge is 2.07. The molecule has 0 aliphatic carbocycles. The summed E-state index contributed by atoms with van der Waals surface area (Å²) in [7, 11) is 3.11. The van der Waals surface area contributed by atoms with Gasteiger partial charge in [-0.05, 0) is 24.6 Å². The van der Waals surface area contributed by atoms with Gasteiger partial charge in [-0.2, -0.15) is 0 Å². The van der Waals surface area contributed by atoms with Crippen LogP contribution in [0.4, 0.5) is 0 Å². The van der Waals surface area contributed by atoms with E-state index in [1.54, 1.807) is 33.3 Å². The minimum atomic E-state index is -0.390. The second-order valence-electron chi connectivity index (χ2n) is 3.84. The third kappa shape index (κ3) is 5.72. The molecule has 5 heteroatoms. The van der Waals surface area contributed by atoms with Gasteiger partial charge in [-0.25, -0.2) is 0 Å². The van der Waals surface area contributed by atoms with E-state index < -0.39 is 0 Å². The second kappa shape index (κ2) is 8.50. The number of ether oxygens (including phenoxy) is 4. The molecule has 0 aliphatic heterocycles. The molecule has 106 valence electrons. The van der Waals surface area contributed by atoms with Crippen LogP contribution < -0.4 is 4.74 Å². The lowest BCUT2D eigenvalue weighted by molar-refractivity contribution is -0.142. The maximum atomic E-state index is 11.3. The van der Waals surface area contributed by atoms with Crippen LogP contribution in [0.15, 0.2) is 24.3 Å². The summed E-state index contributed by atoms with van der Waals surface area (Å²) in [5, 5.41) is 0. The number of benzene rings is 1. The first kappa shape index (κ1) is 15.5. The van der Waals surface area contributed by atoms with Gasteiger partial charge in [0.25, 0.3) is 0 Å². The van der Waals surface area contributed by atoms with Crippen LogP contribution in [0.3, 0.4) is 0 Å². The van der Waals surface area contributed by atoms with Crippen LogP contribution in [0.2, 0.25) is 0 Å². The molecule has 0 aromatic heterocycles. The van der Waals surface area contributed by atoms with Crippen molar-refractivity contribution in [3.63, 3.8) is 0 Å². The number of esters is 1. The highest BCUT2D eigenvalue weighted by molar-refractivity contribution is 5.72. The molecular weight excluding hydrogens is 248 g/mol. The highest BCUT2D eigenvalue weighted by Crippen LogP contribution is 2.13. The summed E-state index contributed by atoms with van der Waals surface area (Å²) in [4.78, 5) is 11.3. The van der Waals surface area contributed by atoms with Crippen molar-refractivity contribution in [2.75, 3.05) is 27.4 Å². The average molecular weight is 268 g/mol. The molecule has 0 heterocycles. The molecule has 0 saturated carbocycles. The first-order valence-electron chi connectivity index (χ1n) is 6.12. The van der Waals surface area contributed by atoms with Gasteiger partial charge >= 0.3 is 5.97 Å². The third-order valence-corrected chi connectivity index (χ3v) is 2.49. The topological polar surface area (TPSA) is 54.0 Å². The SMILES string of the molecule is CCOC(=O)Cc1ccc(OCC(OC)OC)cc1. The Hall–Kier alpha value is -1.59. The normalized spacial score (nSPS) is 10.5. The van der Waals surface area contributed by atoms with E-state index in [4.69, 9.17) is 18.9 Å². The molecule has 1 aromatic rings. The van der Waals surface area contributed by atoms with Gasteiger partial charge in [0.1, 0.15) is 12.4 Å². The molecule has 0 aliphatic rings. The number of carbonyl (C=O) groups excluding carboxylic acids is 1. The number of hydrogen-bond acceptors (Lipinski definition) is 5. The van der Waals surface area contributed by atoms with Crippen LogP contribution in [-0.2, 0) is 25.4 Å². The third-order valence-electron chi connectivity index (χ3n) is 2.49. The Bertz CT molecular complexity index is 370. The maximum Gasteiger partial charge on any atom is 0.310 e. The van der Waals surface area contributed by atoms with E-state index in [0.717, 1.165) is 5.56 Å². The standard InChI is InChI=1S/C14H20O5/c1-4-18-13(15)9-11-5-7-12(8-6-11)19-10-14(16-2)17-3/h5-8,14H,4,9-10H2,1-3H3. The molecule has 0 atom stereocenters. The van der Waals surface area contributed by atoms with E-state index in [2.05, 4.69) is 0 Å². The van der Waals surface area contributed by atoms with Gasteiger partial charge in [0, 0.05) is 14.2 Å².